The third-order valence-corrected chi connectivity index (χ3v) is 7.21. The first kappa shape index (κ1) is 23.2. The lowest BCUT2D eigenvalue weighted by Crippen LogP contribution is -2.30. The van der Waals surface area contributed by atoms with Crippen molar-refractivity contribution < 1.29 is 23.9 Å². The largest absolute Gasteiger partial charge is 0.452 e. The molecule has 172 valence electrons. The van der Waals surface area contributed by atoms with E-state index in [0.717, 1.165) is 29.3 Å². The van der Waals surface area contributed by atoms with Gasteiger partial charge in [0.25, 0.3) is 5.91 Å². The van der Waals surface area contributed by atoms with Gasteiger partial charge in [-0.25, -0.2) is 4.79 Å². The number of nitrogens with zero attached hydrogens (tertiary/aromatic N) is 1. The van der Waals surface area contributed by atoms with Crippen molar-refractivity contribution in [2.45, 2.75) is 33.1 Å². The maximum Gasteiger partial charge on any atom is 0.338 e. The van der Waals surface area contributed by atoms with Crippen molar-refractivity contribution in [3.63, 3.8) is 0 Å². The number of aryl methyl sites for hydroxylation is 1. The van der Waals surface area contributed by atoms with Gasteiger partial charge in [-0.05, 0) is 80.1 Å². The Balaban J connectivity index is 1.35. The number of amides is 3. The van der Waals surface area contributed by atoms with E-state index in [1.54, 1.807) is 24.3 Å². The number of fused-ring (bicyclic) bond motifs is 1. The van der Waals surface area contributed by atoms with Crippen LogP contribution in [0.5, 0.6) is 0 Å². The van der Waals surface area contributed by atoms with Gasteiger partial charge in [-0.15, -0.1) is 0 Å². The number of carbonyl (C=O) groups excluding carboxylic acids is 4. The van der Waals surface area contributed by atoms with Gasteiger partial charge < -0.3 is 10.1 Å². The van der Waals surface area contributed by atoms with Crippen LogP contribution in [-0.4, -0.2) is 30.3 Å². The smallest absolute Gasteiger partial charge is 0.338 e. The van der Waals surface area contributed by atoms with E-state index in [9.17, 15) is 19.2 Å². The summed E-state index contributed by atoms with van der Waals surface area (Å²) in [5, 5.41) is 2.68. The lowest BCUT2D eigenvalue weighted by atomic mass is 9.76. The summed E-state index contributed by atoms with van der Waals surface area (Å²) in [6.07, 6.45) is 2.42. The Labute approximate surface area is 200 Å². The van der Waals surface area contributed by atoms with E-state index in [2.05, 4.69) is 28.2 Å². The molecule has 3 atom stereocenters. The Morgan fingerprint density at radius 2 is 1.76 bits per heavy atom. The van der Waals surface area contributed by atoms with Crippen molar-refractivity contribution in [3.05, 3.63) is 58.1 Å². The molecule has 0 radical (unpaired) electrons. The molecule has 0 bridgehead atoms. The molecule has 2 aromatic carbocycles. The van der Waals surface area contributed by atoms with Crippen LogP contribution in [0.2, 0.25) is 0 Å². The maximum absolute atomic E-state index is 12.8. The number of anilines is 2. The first-order valence-electron chi connectivity index (χ1n) is 11.0. The van der Waals surface area contributed by atoms with Crippen LogP contribution in [0.25, 0.3) is 0 Å². The van der Waals surface area contributed by atoms with E-state index >= 15 is 0 Å². The summed E-state index contributed by atoms with van der Waals surface area (Å²) in [5.74, 6) is -1.49. The number of imide groups is 1. The van der Waals surface area contributed by atoms with Gasteiger partial charge in [0.05, 0.1) is 23.1 Å². The molecule has 1 heterocycles. The number of hydrogen-bond acceptors (Lipinski definition) is 5. The van der Waals surface area contributed by atoms with Crippen molar-refractivity contribution in [1.29, 1.82) is 0 Å². The summed E-state index contributed by atoms with van der Waals surface area (Å²) in [7, 11) is 0. The Hall–Kier alpha value is -3.00. The molecule has 1 aliphatic heterocycles. The molecule has 2 aliphatic rings. The summed E-state index contributed by atoms with van der Waals surface area (Å²) in [4.78, 5) is 51.4. The Bertz CT molecular complexity index is 1110. The second kappa shape index (κ2) is 9.47. The second-order valence-corrected chi connectivity index (χ2v) is 9.63. The van der Waals surface area contributed by atoms with Crippen LogP contribution in [0.1, 0.15) is 42.1 Å². The van der Waals surface area contributed by atoms with E-state index in [0.29, 0.717) is 17.3 Å². The Kier molecular flexibility index (Phi) is 6.65. The van der Waals surface area contributed by atoms with Crippen molar-refractivity contribution in [2.24, 2.45) is 17.8 Å². The van der Waals surface area contributed by atoms with E-state index in [1.807, 2.05) is 13.0 Å². The van der Waals surface area contributed by atoms with Crippen LogP contribution < -0.4 is 10.2 Å². The molecule has 8 heteroatoms. The van der Waals surface area contributed by atoms with Gasteiger partial charge in [-0.2, -0.15) is 0 Å². The van der Waals surface area contributed by atoms with Gasteiger partial charge in [0.15, 0.2) is 6.61 Å². The number of carbonyl (C=O) groups is 4. The maximum atomic E-state index is 12.8. The highest BCUT2D eigenvalue weighted by atomic mass is 79.9. The number of halogens is 1. The quantitative estimate of drug-likeness (QED) is 0.470. The molecule has 0 spiro atoms. The van der Waals surface area contributed by atoms with Gasteiger partial charge in [0, 0.05) is 10.2 Å². The summed E-state index contributed by atoms with van der Waals surface area (Å²) >= 11 is 3.40. The van der Waals surface area contributed by atoms with Crippen molar-refractivity contribution in [2.75, 3.05) is 16.8 Å². The molecule has 0 unspecified atom stereocenters. The second-order valence-electron chi connectivity index (χ2n) is 8.78. The molecule has 4 rings (SSSR count). The normalized spacial score (nSPS) is 22.2. The van der Waals surface area contributed by atoms with Crippen LogP contribution in [-0.2, 0) is 19.1 Å². The molecule has 2 fully saturated rings. The molecule has 3 amide bonds. The fraction of sp³-hybridized carbons (Fsp3) is 0.360. The average molecular weight is 513 g/mol. The van der Waals surface area contributed by atoms with Crippen LogP contribution >= 0.6 is 15.9 Å². The predicted molar refractivity (Wildman–Crippen MR) is 127 cm³/mol. The number of ether oxygens (including phenoxy) is 1. The number of hydrogen-bond donors (Lipinski definition) is 1. The van der Waals surface area contributed by atoms with E-state index in [4.69, 9.17) is 4.74 Å². The van der Waals surface area contributed by atoms with Crippen LogP contribution in [0.4, 0.5) is 11.4 Å². The molecular formula is C25H25BrN2O5. The molecular weight excluding hydrogens is 488 g/mol. The SMILES string of the molecule is Cc1cc(NC(=O)COC(=O)c2ccc(N3C(=O)[C@H]4C[C@@H](C)CC[C@H]4C3=O)cc2)ccc1Br. The molecule has 1 saturated heterocycles. The first-order valence-corrected chi connectivity index (χ1v) is 11.7. The lowest BCUT2D eigenvalue weighted by Gasteiger charge is -2.25. The summed E-state index contributed by atoms with van der Waals surface area (Å²) < 4.78 is 6.04. The van der Waals surface area contributed by atoms with E-state index in [1.165, 1.54) is 17.0 Å². The molecule has 2 aromatic rings. The average Bonchev–Trinajstić information content (AvgIpc) is 3.04. The standard InChI is InChI=1S/C25H25BrN2O5/c1-14-3-9-19-20(11-14)24(31)28(23(19)30)18-7-4-16(5-8-18)25(32)33-13-22(29)27-17-6-10-21(26)15(2)12-17/h4-8,10,12,14,19-20H,3,9,11,13H2,1-2H3,(H,27,29)/t14-,19+,20-/m0/s1. The lowest BCUT2D eigenvalue weighted by molar-refractivity contribution is -0.122. The zero-order chi connectivity index (χ0) is 23.7. The van der Waals surface area contributed by atoms with Gasteiger partial charge in [0.2, 0.25) is 11.8 Å². The molecule has 1 saturated carbocycles. The monoisotopic (exact) mass is 512 g/mol. The molecule has 1 aliphatic carbocycles. The number of nitrogens with one attached hydrogen (secondary N) is 1. The van der Waals surface area contributed by atoms with Gasteiger partial charge in [-0.1, -0.05) is 22.9 Å². The van der Waals surface area contributed by atoms with Crippen molar-refractivity contribution in [3.8, 4) is 0 Å². The molecule has 0 aromatic heterocycles. The number of rotatable bonds is 5. The molecule has 7 nitrogen and oxygen atoms in total. The van der Waals surface area contributed by atoms with Gasteiger partial charge in [0.1, 0.15) is 0 Å². The summed E-state index contributed by atoms with van der Waals surface area (Å²) in [6, 6.07) is 11.5. The molecule has 1 N–H and O–H groups in total. The minimum absolute atomic E-state index is 0.160. The number of esters is 1. The van der Waals surface area contributed by atoms with Crippen LogP contribution in [0.3, 0.4) is 0 Å². The zero-order valence-electron chi connectivity index (χ0n) is 18.5. The van der Waals surface area contributed by atoms with Gasteiger partial charge >= 0.3 is 5.97 Å². The topological polar surface area (TPSA) is 92.8 Å². The van der Waals surface area contributed by atoms with Crippen molar-refractivity contribution in [1.82, 2.24) is 0 Å². The van der Waals surface area contributed by atoms with E-state index in [-0.39, 0.29) is 29.2 Å². The van der Waals surface area contributed by atoms with Crippen LogP contribution in [0, 0.1) is 24.7 Å². The highest BCUT2D eigenvalue weighted by Crippen LogP contribution is 2.42. The fourth-order valence-electron chi connectivity index (χ4n) is 4.52. The minimum Gasteiger partial charge on any atom is -0.452 e. The molecule has 33 heavy (non-hydrogen) atoms. The Morgan fingerprint density at radius 3 is 2.45 bits per heavy atom. The summed E-state index contributed by atoms with van der Waals surface area (Å²) in [5.41, 5.74) is 2.26. The van der Waals surface area contributed by atoms with Gasteiger partial charge in [-0.3, -0.25) is 19.3 Å². The summed E-state index contributed by atoms with van der Waals surface area (Å²) in [6.45, 7) is 3.58. The zero-order valence-corrected chi connectivity index (χ0v) is 20.1. The minimum atomic E-state index is -0.662. The highest BCUT2D eigenvalue weighted by molar-refractivity contribution is 9.10. The predicted octanol–water partition coefficient (Wildman–Crippen LogP) is 4.48. The van der Waals surface area contributed by atoms with Crippen molar-refractivity contribution >= 4 is 51.0 Å². The third kappa shape index (κ3) is 4.85. The van der Waals surface area contributed by atoms with E-state index < -0.39 is 18.5 Å². The first-order chi connectivity index (χ1) is 15.7. The number of benzene rings is 2. The third-order valence-electron chi connectivity index (χ3n) is 6.32. The highest BCUT2D eigenvalue weighted by Gasteiger charge is 2.49. The van der Waals surface area contributed by atoms with Crippen LogP contribution in [0.15, 0.2) is 46.9 Å². The Morgan fingerprint density at radius 1 is 1.06 bits per heavy atom. The fourth-order valence-corrected chi connectivity index (χ4v) is 4.77.